The first-order valence-electron chi connectivity index (χ1n) is 14.7. The summed E-state index contributed by atoms with van der Waals surface area (Å²) in [5.41, 5.74) is 0.141. The molecule has 2 heterocycles. The van der Waals surface area contributed by atoms with Crippen LogP contribution < -0.4 is 15.0 Å². The fraction of sp³-hybridized carbons (Fsp3) is 0.394. The van der Waals surface area contributed by atoms with Gasteiger partial charge in [-0.3, -0.25) is 0 Å². The fourth-order valence-corrected chi connectivity index (χ4v) is 4.87. The van der Waals surface area contributed by atoms with E-state index in [-0.39, 0.29) is 11.6 Å². The molecule has 4 aromatic rings. The van der Waals surface area contributed by atoms with Crippen LogP contribution in [-0.2, 0) is 15.9 Å². The number of aromatic nitrogens is 3. The number of hydrogen-bond donors (Lipinski definition) is 2. The maximum absolute atomic E-state index is 15.9. The Hall–Kier alpha value is -4.19. The number of ether oxygens (including phenoxy) is 3. The molecule has 10 nitrogen and oxygen atoms in total. The summed E-state index contributed by atoms with van der Waals surface area (Å²) in [4.78, 5) is 39.4. The van der Waals surface area contributed by atoms with E-state index in [2.05, 4.69) is 36.2 Å². The number of imidazole rings is 1. The lowest BCUT2D eigenvalue weighted by Gasteiger charge is -2.28. The third-order valence-electron chi connectivity index (χ3n) is 6.40. The zero-order valence-electron chi connectivity index (χ0n) is 26.7. The molecule has 45 heavy (non-hydrogen) atoms. The Balaban J connectivity index is 1.80. The lowest BCUT2D eigenvalue weighted by Crippen LogP contribution is -2.44. The quantitative estimate of drug-likeness (QED) is 0.189. The van der Waals surface area contributed by atoms with E-state index >= 15 is 4.39 Å². The highest BCUT2D eigenvalue weighted by Gasteiger charge is 2.34. The van der Waals surface area contributed by atoms with Crippen molar-refractivity contribution in [2.75, 3.05) is 16.8 Å². The molecule has 1 unspecified atom stereocenters. The molecule has 4 rings (SSSR count). The van der Waals surface area contributed by atoms with E-state index in [9.17, 15) is 9.59 Å². The Morgan fingerprint density at radius 2 is 1.67 bits per heavy atom. The molecule has 1 atom stereocenters. The van der Waals surface area contributed by atoms with Crippen LogP contribution in [0.5, 0.6) is 5.75 Å². The molecule has 12 heteroatoms. The number of aromatic amines is 1. The van der Waals surface area contributed by atoms with Crippen LogP contribution in [0.25, 0.3) is 10.8 Å². The number of anilines is 2. The van der Waals surface area contributed by atoms with Gasteiger partial charge in [-0.05, 0) is 112 Å². The van der Waals surface area contributed by atoms with Crippen molar-refractivity contribution in [2.45, 2.75) is 79.1 Å². The van der Waals surface area contributed by atoms with Gasteiger partial charge in [-0.15, -0.1) is 0 Å². The predicted molar refractivity (Wildman–Crippen MR) is 175 cm³/mol. The molecule has 0 bridgehead atoms. The minimum absolute atomic E-state index is 0.0529. The van der Waals surface area contributed by atoms with Gasteiger partial charge in [-0.25, -0.2) is 23.9 Å². The highest BCUT2D eigenvalue weighted by molar-refractivity contribution is 9.10. The largest absolute Gasteiger partial charge is 0.491 e. The highest BCUT2D eigenvalue weighted by atomic mass is 79.9. The third kappa shape index (κ3) is 8.30. The van der Waals surface area contributed by atoms with Gasteiger partial charge in [-0.1, -0.05) is 13.0 Å². The number of rotatable bonds is 8. The summed E-state index contributed by atoms with van der Waals surface area (Å²) >= 11 is 3.41. The second-order valence-corrected chi connectivity index (χ2v) is 13.2. The monoisotopic (exact) mass is 683 g/mol. The summed E-state index contributed by atoms with van der Waals surface area (Å²) in [6, 6.07) is 9.83. The van der Waals surface area contributed by atoms with Crippen LogP contribution in [0, 0.1) is 5.82 Å². The van der Waals surface area contributed by atoms with Gasteiger partial charge in [0.05, 0.1) is 12.8 Å². The standard InChI is InChI=1S/C33H39BrFN5O5/c1-9-19-15-23(26(35)24(16-19)43-10-2)27(28-37-18-25(34)39-28)38-21-11-12-22-20(17-21)13-14-36-29(22)40(30(41)44-32(3,4)5)31(42)45-33(6,7)8/h11-18,27,38H,9-10H2,1-8H3,(H,37,39). The molecule has 0 saturated carbocycles. The minimum atomic E-state index is -0.918. The average molecular weight is 685 g/mol. The van der Waals surface area contributed by atoms with Gasteiger partial charge >= 0.3 is 12.2 Å². The maximum atomic E-state index is 15.9. The van der Waals surface area contributed by atoms with Crippen molar-refractivity contribution in [3.8, 4) is 5.75 Å². The van der Waals surface area contributed by atoms with Crippen LogP contribution in [0.15, 0.2) is 53.4 Å². The normalized spacial score (nSPS) is 12.5. The van der Waals surface area contributed by atoms with Crippen molar-refractivity contribution in [2.24, 2.45) is 0 Å². The first-order chi connectivity index (χ1) is 21.1. The number of nitrogens with one attached hydrogen (secondary N) is 2. The summed E-state index contributed by atoms with van der Waals surface area (Å²) in [5, 5.41) is 4.55. The van der Waals surface area contributed by atoms with Gasteiger partial charge in [0.1, 0.15) is 27.7 Å². The average Bonchev–Trinajstić information content (AvgIpc) is 3.37. The number of imide groups is 1. The number of aryl methyl sites for hydroxylation is 1. The molecular formula is C33H39BrFN5O5. The van der Waals surface area contributed by atoms with E-state index in [1.54, 1.807) is 78.1 Å². The van der Waals surface area contributed by atoms with Crippen molar-refractivity contribution < 1.29 is 28.2 Å². The minimum Gasteiger partial charge on any atom is -0.491 e. The van der Waals surface area contributed by atoms with Gasteiger partial charge in [0.25, 0.3) is 0 Å². The van der Waals surface area contributed by atoms with E-state index < -0.39 is 35.2 Å². The van der Waals surface area contributed by atoms with Gasteiger partial charge in [0, 0.05) is 22.8 Å². The summed E-state index contributed by atoms with van der Waals surface area (Å²) in [7, 11) is 0. The van der Waals surface area contributed by atoms with Crippen LogP contribution in [0.4, 0.5) is 25.5 Å². The number of benzene rings is 2. The number of carbonyl (C=O) groups is 2. The molecule has 0 saturated heterocycles. The Kier molecular flexibility index (Phi) is 10.1. The first-order valence-corrected chi connectivity index (χ1v) is 15.5. The van der Waals surface area contributed by atoms with Crippen LogP contribution in [0.1, 0.15) is 78.4 Å². The number of halogens is 2. The third-order valence-corrected chi connectivity index (χ3v) is 6.81. The number of amides is 2. The summed E-state index contributed by atoms with van der Waals surface area (Å²) in [6.45, 7) is 14.3. The van der Waals surface area contributed by atoms with Gasteiger partial charge < -0.3 is 24.5 Å². The second kappa shape index (κ2) is 13.4. The SMILES string of the molecule is CCOc1cc(CC)cc(C(Nc2ccc3c(N(C(=O)OC(C)(C)C)C(=O)OC(C)(C)C)nccc3c2)c2ncc(Br)[nH]2)c1F. The molecule has 240 valence electrons. The topological polar surface area (TPSA) is 119 Å². The zero-order chi connectivity index (χ0) is 33.1. The van der Waals surface area contributed by atoms with Crippen molar-refractivity contribution in [1.82, 2.24) is 15.0 Å². The van der Waals surface area contributed by atoms with Gasteiger partial charge in [0.2, 0.25) is 0 Å². The second-order valence-electron chi connectivity index (χ2n) is 12.3. The number of H-pyrrole nitrogens is 1. The van der Waals surface area contributed by atoms with E-state index in [1.165, 1.54) is 6.20 Å². The summed E-state index contributed by atoms with van der Waals surface area (Å²) in [6.07, 6.45) is 1.94. The molecule has 2 aromatic heterocycles. The van der Waals surface area contributed by atoms with E-state index in [4.69, 9.17) is 14.2 Å². The fourth-order valence-electron chi connectivity index (χ4n) is 4.57. The van der Waals surface area contributed by atoms with Crippen LogP contribution >= 0.6 is 15.9 Å². The van der Waals surface area contributed by atoms with Crippen molar-refractivity contribution in [3.05, 3.63) is 76.2 Å². The Morgan fingerprint density at radius 1 is 1.00 bits per heavy atom. The van der Waals surface area contributed by atoms with Crippen molar-refractivity contribution in [1.29, 1.82) is 0 Å². The Morgan fingerprint density at radius 3 is 2.22 bits per heavy atom. The first kappa shape index (κ1) is 33.7. The lowest BCUT2D eigenvalue weighted by molar-refractivity contribution is 0.0429. The van der Waals surface area contributed by atoms with Crippen molar-refractivity contribution >= 4 is 50.4 Å². The van der Waals surface area contributed by atoms with E-state index in [1.807, 2.05) is 19.9 Å². The molecule has 0 aliphatic rings. The van der Waals surface area contributed by atoms with Crippen LogP contribution in [-0.4, -0.2) is 44.9 Å². The summed E-state index contributed by atoms with van der Waals surface area (Å²) in [5.74, 6) is 0.213. The number of pyridine rings is 1. The lowest BCUT2D eigenvalue weighted by atomic mass is 9.99. The number of carbonyl (C=O) groups excluding carboxylic acids is 2. The number of nitrogens with zero attached hydrogens (tertiary/aromatic N) is 3. The van der Waals surface area contributed by atoms with E-state index in [0.29, 0.717) is 45.5 Å². The van der Waals surface area contributed by atoms with Crippen molar-refractivity contribution in [3.63, 3.8) is 0 Å². The molecule has 0 fully saturated rings. The molecule has 0 aliphatic carbocycles. The molecule has 2 N–H and O–H groups in total. The summed E-state index contributed by atoms with van der Waals surface area (Å²) < 4.78 is 33.2. The molecular weight excluding hydrogens is 645 g/mol. The molecule has 0 radical (unpaired) electrons. The maximum Gasteiger partial charge on any atom is 0.425 e. The van der Waals surface area contributed by atoms with Gasteiger partial charge in [0.15, 0.2) is 17.4 Å². The van der Waals surface area contributed by atoms with Crippen LogP contribution in [0.3, 0.4) is 0 Å². The Labute approximate surface area is 270 Å². The van der Waals surface area contributed by atoms with Crippen LogP contribution in [0.2, 0.25) is 0 Å². The molecule has 2 amide bonds. The van der Waals surface area contributed by atoms with Gasteiger partial charge in [-0.2, -0.15) is 4.90 Å². The smallest absolute Gasteiger partial charge is 0.425 e. The zero-order valence-corrected chi connectivity index (χ0v) is 28.3. The highest BCUT2D eigenvalue weighted by Crippen LogP contribution is 2.35. The van der Waals surface area contributed by atoms with E-state index in [0.717, 1.165) is 10.5 Å². The number of fused-ring (bicyclic) bond motifs is 1. The molecule has 0 aliphatic heterocycles. The molecule has 2 aromatic carbocycles. The Bertz CT molecular complexity index is 1670. The molecule has 0 spiro atoms. The number of hydrogen-bond acceptors (Lipinski definition) is 8. The predicted octanol–water partition coefficient (Wildman–Crippen LogP) is 8.70.